The van der Waals surface area contributed by atoms with Gasteiger partial charge in [0.25, 0.3) is 0 Å². The summed E-state index contributed by atoms with van der Waals surface area (Å²) in [6.07, 6.45) is 4.53. The first-order valence-corrected chi connectivity index (χ1v) is 10.7. The minimum Gasteiger partial charge on any atom is -0.467 e. The predicted octanol–water partition coefficient (Wildman–Crippen LogP) is 2.60. The molecule has 0 bridgehead atoms. The van der Waals surface area contributed by atoms with Gasteiger partial charge in [-0.1, -0.05) is 13.8 Å². The Kier molecular flexibility index (Phi) is 6.60. The summed E-state index contributed by atoms with van der Waals surface area (Å²) in [4.78, 5) is 48.8. The van der Waals surface area contributed by atoms with E-state index >= 15 is 0 Å². The lowest BCUT2D eigenvalue weighted by Gasteiger charge is -2.49. The Labute approximate surface area is 176 Å². The highest BCUT2D eigenvalue weighted by Crippen LogP contribution is 2.54. The summed E-state index contributed by atoms with van der Waals surface area (Å²) in [5.41, 5.74) is -2.09. The second-order valence-electron chi connectivity index (χ2n) is 9.37. The summed E-state index contributed by atoms with van der Waals surface area (Å²) in [5.74, 6) is -0.796. The fraction of sp³-hybridized carbons (Fsp3) is 0.652. The van der Waals surface area contributed by atoms with Crippen LogP contribution in [0.15, 0.2) is 22.8 Å². The number of amides is 1. The molecule has 7 heteroatoms. The third-order valence-electron chi connectivity index (χ3n) is 7.01. The maximum absolute atomic E-state index is 13.1. The summed E-state index contributed by atoms with van der Waals surface area (Å²) in [6.45, 7) is 4.24. The highest BCUT2D eigenvalue weighted by atomic mass is 16.3. The number of aldehydes is 1. The van der Waals surface area contributed by atoms with E-state index in [4.69, 9.17) is 4.42 Å². The van der Waals surface area contributed by atoms with Crippen LogP contribution >= 0.6 is 0 Å². The molecule has 1 amide bonds. The van der Waals surface area contributed by atoms with Crippen molar-refractivity contribution in [2.24, 2.45) is 23.2 Å². The Bertz CT molecular complexity index is 799. The lowest BCUT2D eigenvalue weighted by molar-refractivity contribution is -0.162. The van der Waals surface area contributed by atoms with Crippen molar-refractivity contribution in [3.63, 3.8) is 0 Å². The first-order chi connectivity index (χ1) is 14.2. The molecule has 2 N–H and O–H groups in total. The summed E-state index contributed by atoms with van der Waals surface area (Å²) >= 11 is 0. The maximum Gasteiger partial charge on any atom is 0.220 e. The number of ketones is 2. The standard InChI is InChI=1S/C23H31NO6/c1-22(2,10-9-20(28)24-14-15-5-4-12-30-15)21-16(6-3-11-25)17-7-8-19(27)23(17,29)13-18(21)26/h4-5,11-12,16-17,21,29H,3,6-10,13-14H2,1-2H3,(H,24,28). The number of fused-ring (bicyclic) bond motifs is 1. The van der Waals surface area contributed by atoms with Gasteiger partial charge in [-0.2, -0.15) is 0 Å². The van der Waals surface area contributed by atoms with Crippen LogP contribution < -0.4 is 5.32 Å². The van der Waals surface area contributed by atoms with E-state index in [0.29, 0.717) is 31.6 Å². The molecule has 0 radical (unpaired) electrons. The van der Waals surface area contributed by atoms with Gasteiger partial charge in [0.2, 0.25) is 5.91 Å². The topological polar surface area (TPSA) is 114 Å². The number of carbonyl (C=O) groups excluding carboxylic acids is 4. The van der Waals surface area contributed by atoms with Gasteiger partial charge < -0.3 is 19.6 Å². The Morgan fingerprint density at radius 3 is 2.83 bits per heavy atom. The average molecular weight is 418 g/mol. The first kappa shape index (κ1) is 22.4. The van der Waals surface area contributed by atoms with Crippen molar-refractivity contribution < 1.29 is 28.7 Å². The quantitative estimate of drug-likeness (QED) is 0.597. The number of rotatable bonds is 9. The molecule has 2 aliphatic carbocycles. The van der Waals surface area contributed by atoms with Crippen LogP contribution in [0.2, 0.25) is 0 Å². The fourth-order valence-corrected chi connectivity index (χ4v) is 5.52. The number of Topliss-reactive ketones (excluding diaryl/α,β-unsaturated/α-hetero) is 2. The molecule has 7 nitrogen and oxygen atoms in total. The van der Waals surface area contributed by atoms with Crippen LogP contribution in [0.3, 0.4) is 0 Å². The smallest absolute Gasteiger partial charge is 0.220 e. The second-order valence-corrected chi connectivity index (χ2v) is 9.37. The van der Waals surface area contributed by atoms with Crippen LogP contribution in [-0.2, 0) is 25.7 Å². The molecular formula is C23H31NO6. The minimum absolute atomic E-state index is 0.125. The number of furan rings is 1. The molecule has 2 aliphatic rings. The number of aliphatic hydroxyl groups is 1. The molecular weight excluding hydrogens is 386 g/mol. The molecule has 0 spiro atoms. The zero-order chi connectivity index (χ0) is 21.9. The lowest BCUT2D eigenvalue weighted by Crippen LogP contribution is -2.56. The zero-order valence-electron chi connectivity index (χ0n) is 17.7. The van der Waals surface area contributed by atoms with E-state index in [2.05, 4.69) is 5.32 Å². The van der Waals surface area contributed by atoms with Crippen molar-refractivity contribution in [3.05, 3.63) is 24.2 Å². The third-order valence-corrected chi connectivity index (χ3v) is 7.01. The molecule has 2 fully saturated rings. The molecule has 1 aromatic rings. The highest BCUT2D eigenvalue weighted by molar-refractivity contribution is 5.97. The minimum atomic E-state index is -1.59. The number of carbonyl (C=O) groups is 4. The normalized spacial score (nSPS) is 29.0. The summed E-state index contributed by atoms with van der Waals surface area (Å²) in [6, 6.07) is 3.54. The van der Waals surface area contributed by atoms with E-state index in [-0.39, 0.29) is 55.0 Å². The summed E-state index contributed by atoms with van der Waals surface area (Å²) in [7, 11) is 0. The SMILES string of the molecule is CC(C)(CCC(=O)NCc1ccco1)C1C(=O)CC2(O)C(=O)CCC2C1CCC=O. The van der Waals surface area contributed by atoms with Gasteiger partial charge in [-0.3, -0.25) is 14.4 Å². The molecule has 3 rings (SSSR count). The summed E-state index contributed by atoms with van der Waals surface area (Å²) in [5, 5.41) is 13.8. The van der Waals surface area contributed by atoms with Gasteiger partial charge in [-0.05, 0) is 48.6 Å². The van der Waals surface area contributed by atoms with E-state index in [1.54, 1.807) is 18.4 Å². The van der Waals surface area contributed by atoms with E-state index < -0.39 is 16.9 Å². The van der Waals surface area contributed by atoms with Crippen LogP contribution in [-0.4, -0.2) is 34.5 Å². The molecule has 1 aromatic heterocycles. The zero-order valence-corrected chi connectivity index (χ0v) is 17.7. The molecule has 164 valence electrons. The maximum atomic E-state index is 13.1. The average Bonchev–Trinajstić information content (AvgIpc) is 3.30. The van der Waals surface area contributed by atoms with Crippen molar-refractivity contribution in [1.29, 1.82) is 0 Å². The molecule has 1 heterocycles. The Morgan fingerprint density at radius 1 is 1.40 bits per heavy atom. The molecule has 0 saturated heterocycles. The van der Waals surface area contributed by atoms with E-state index in [9.17, 15) is 24.3 Å². The van der Waals surface area contributed by atoms with Crippen molar-refractivity contribution >= 4 is 23.8 Å². The Morgan fingerprint density at radius 2 is 2.17 bits per heavy atom. The van der Waals surface area contributed by atoms with Gasteiger partial charge in [0, 0.05) is 31.6 Å². The number of nitrogens with one attached hydrogen (secondary N) is 1. The molecule has 4 atom stereocenters. The first-order valence-electron chi connectivity index (χ1n) is 10.7. The molecule has 4 unspecified atom stereocenters. The van der Waals surface area contributed by atoms with Gasteiger partial charge in [-0.15, -0.1) is 0 Å². The Hall–Kier alpha value is -2.28. The summed E-state index contributed by atoms with van der Waals surface area (Å²) < 4.78 is 5.21. The van der Waals surface area contributed by atoms with Gasteiger partial charge in [0.15, 0.2) is 5.78 Å². The fourth-order valence-electron chi connectivity index (χ4n) is 5.52. The molecule has 0 aliphatic heterocycles. The molecule has 30 heavy (non-hydrogen) atoms. The van der Waals surface area contributed by atoms with Gasteiger partial charge in [0.05, 0.1) is 12.8 Å². The van der Waals surface area contributed by atoms with Gasteiger partial charge >= 0.3 is 0 Å². The van der Waals surface area contributed by atoms with Crippen molar-refractivity contribution in [1.82, 2.24) is 5.32 Å². The molecule has 2 saturated carbocycles. The van der Waals surface area contributed by atoms with Crippen molar-refractivity contribution in [3.8, 4) is 0 Å². The van der Waals surface area contributed by atoms with Crippen LogP contribution in [0.5, 0.6) is 0 Å². The Balaban J connectivity index is 1.70. The van der Waals surface area contributed by atoms with Gasteiger partial charge in [0.1, 0.15) is 23.4 Å². The van der Waals surface area contributed by atoms with E-state index in [1.165, 1.54) is 0 Å². The lowest BCUT2D eigenvalue weighted by atomic mass is 9.55. The number of hydrogen-bond donors (Lipinski definition) is 2. The van der Waals surface area contributed by atoms with Crippen molar-refractivity contribution in [2.75, 3.05) is 0 Å². The van der Waals surface area contributed by atoms with E-state index in [0.717, 1.165) is 6.29 Å². The van der Waals surface area contributed by atoms with Crippen molar-refractivity contribution in [2.45, 2.75) is 70.9 Å². The van der Waals surface area contributed by atoms with Crippen LogP contribution in [0.1, 0.15) is 64.6 Å². The highest BCUT2D eigenvalue weighted by Gasteiger charge is 2.60. The van der Waals surface area contributed by atoms with Crippen LogP contribution in [0, 0.1) is 23.2 Å². The van der Waals surface area contributed by atoms with Crippen LogP contribution in [0.25, 0.3) is 0 Å². The van der Waals surface area contributed by atoms with Gasteiger partial charge in [-0.25, -0.2) is 0 Å². The van der Waals surface area contributed by atoms with Crippen LogP contribution in [0.4, 0.5) is 0 Å². The largest absolute Gasteiger partial charge is 0.467 e. The molecule has 0 aromatic carbocycles. The predicted molar refractivity (Wildman–Crippen MR) is 108 cm³/mol. The van der Waals surface area contributed by atoms with E-state index in [1.807, 2.05) is 13.8 Å². The second kappa shape index (κ2) is 8.84. The third kappa shape index (κ3) is 4.41. The monoisotopic (exact) mass is 417 g/mol. The number of hydrogen-bond acceptors (Lipinski definition) is 6.